The second kappa shape index (κ2) is 6.52. The van der Waals surface area contributed by atoms with Gasteiger partial charge in [-0.3, -0.25) is 9.59 Å². The molecule has 1 aliphatic heterocycles. The molecule has 1 aliphatic carbocycles. The number of benzene rings is 1. The third-order valence-corrected chi connectivity index (χ3v) is 5.14. The molecule has 1 aromatic rings. The van der Waals surface area contributed by atoms with Gasteiger partial charge in [-0.1, -0.05) is 24.3 Å². The van der Waals surface area contributed by atoms with Crippen LogP contribution in [0.15, 0.2) is 24.3 Å². The molecule has 4 nitrogen and oxygen atoms in total. The van der Waals surface area contributed by atoms with E-state index in [0.717, 1.165) is 12.8 Å². The van der Waals surface area contributed by atoms with Gasteiger partial charge in [0.1, 0.15) is 6.54 Å². The highest BCUT2D eigenvalue weighted by Gasteiger charge is 2.24. The summed E-state index contributed by atoms with van der Waals surface area (Å²) < 4.78 is 0. The van der Waals surface area contributed by atoms with E-state index in [1.165, 1.54) is 17.5 Å². The lowest BCUT2D eigenvalue weighted by molar-refractivity contribution is -0.132. The van der Waals surface area contributed by atoms with E-state index in [9.17, 15) is 9.59 Å². The zero-order valence-electron chi connectivity index (χ0n) is 12.0. The van der Waals surface area contributed by atoms with Crippen LogP contribution in [0.1, 0.15) is 29.9 Å². The van der Waals surface area contributed by atoms with Crippen molar-refractivity contribution in [3.63, 3.8) is 0 Å². The summed E-state index contributed by atoms with van der Waals surface area (Å²) >= 11 is 1.57. The van der Waals surface area contributed by atoms with E-state index < -0.39 is 0 Å². The number of nitrogens with one attached hydrogen (secondary N) is 1. The van der Waals surface area contributed by atoms with E-state index in [1.807, 2.05) is 0 Å². The second-order valence-electron chi connectivity index (χ2n) is 5.66. The fourth-order valence-electron chi connectivity index (χ4n) is 3.07. The normalized spacial score (nSPS) is 21.2. The van der Waals surface area contributed by atoms with Crippen LogP contribution in [0.4, 0.5) is 0 Å². The van der Waals surface area contributed by atoms with Crippen LogP contribution in [-0.2, 0) is 16.0 Å². The van der Waals surface area contributed by atoms with E-state index in [0.29, 0.717) is 24.1 Å². The molecular weight excluding hydrogens is 284 g/mol. The molecular formula is C16H20N2O2S. The first-order chi connectivity index (χ1) is 10.2. The third kappa shape index (κ3) is 3.40. The van der Waals surface area contributed by atoms with Gasteiger partial charge in [0.2, 0.25) is 11.8 Å². The fraction of sp³-hybridized carbons (Fsp3) is 0.500. The van der Waals surface area contributed by atoms with Crippen molar-refractivity contribution >= 4 is 23.6 Å². The smallest absolute Gasteiger partial charge is 0.239 e. The minimum absolute atomic E-state index is 0.0473. The summed E-state index contributed by atoms with van der Waals surface area (Å²) in [5.74, 6) is 1.57. The lowest BCUT2D eigenvalue weighted by Crippen LogP contribution is -2.39. The molecule has 0 saturated carbocycles. The van der Waals surface area contributed by atoms with Gasteiger partial charge >= 0.3 is 0 Å². The quantitative estimate of drug-likeness (QED) is 0.922. The molecule has 0 spiro atoms. The summed E-state index contributed by atoms with van der Waals surface area (Å²) in [5.41, 5.74) is 2.78. The molecule has 0 aromatic heterocycles. The van der Waals surface area contributed by atoms with Crippen LogP contribution in [-0.4, -0.2) is 41.4 Å². The van der Waals surface area contributed by atoms with Gasteiger partial charge < -0.3 is 10.2 Å². The van der Waals surface area contributed by atoms with Crippen molar-refractivity contribution in [3.05, 3.63) is 35.4 Å². The van der Waals surface area contributed by atoms with Gasteiger partial charge in [-0.2, -0.15) is 0 Å². The molecule has 1 unspecified atom stereocenters. The predicted octanol–water partition coefficient (Wildman–Crippen LogP) is 1.76. The molecule has 1 aromatic carbocycles. The summed E-state index contributed by atoms with van der Waals surface area (Å²) in [6.45, 7) is 0.866. The molecule has 0 radical (unpaired) electrons. The Kier molecular flexibility index (Phi) is 4.48. The third-order valence-electron chi connectivity index (χ3n) is 4.20. The Labute approximate surface area is 129 Å². The molecule has 2 aliphatic rings. The maximum atomic E-state index is 12.0. The first-order valence-corrected chi connectivity index (χ1v) is 8.59. The van der Waals surface area contributed by atoms with E-state index in [1.54, 1.807) is 16.7 Å². The zero-order chi connectivity index (χ0) is 14.7. The van der Waals surface area contributed by atoms with Crippen molar-refractivity contribution < 1.29 is 9.59 Å². The lowest BCUT2D eigenvalue weighted by atomic mass is 9.83. The van der Waals surface area contributed by atoms with Crippen LogP contribution >= 0.6 is 11.8 Å². The second-order valence-corrected chi connectivity index (χ2v) is 6.62. The Bertz CT molecular complexity index is 547. The molecule has 0 bridgehead atoms. The van der Waals surface area contributed by atoms with Gasteiger partial charge in [-0.05, 0) is 30.4 Å². The van der Waals surface area contributed by atoms with Gasteiger partial charge in [0.05, 0.1) is 11.6 Å². The molecule has 1 saturated heterocycles. The summed E-state index contributed by atoms with van der Waals surface area (Å²) in [6, 6.07) is 8.50. The topological polar surface area (TPSA) is 49.4 Å². The van der Waals surface area contributed by atoms with Crippen molar-refractivity contribution in [1.29, 1.82) is 0 Å². The standard InChI is InChI=1S/C16H20N2O2S/c19-15(9-18-11-21-10-16(18)20)17-8-13-6-3-5-12-4-1-2-7-14(12)13/h1-2,4,7,13H,3,5-6,8-11H2,(H,17,19). The monoisotopic (exact) mass is 304 g/mol. The number of amides is 2. The molecule has 1 fully saturated rings. The minimum atomic E-state index is -0.0473. The average Bonchev–Trinajstić information content (AvgIpc) is 2.90. The first-order valence-electron chi connectivity index (χ1n) is 7.44. The largest absolute Gasteiger partial charge is 0.354 e. The SMILES string of the molecule is O=C(CN1CSCC1=O)NCC1CCCc2ccccc21. The molecule has 3 rings (SSSR count). The molecule has 1 atom stereocenters. The minimum Gasteiger partial charge on any atom is -0.354 e. The Hall–Kier alpha value is -1.49. The first kappa shape index (κ1) is 14.4. The summed E-state index contributed by atoms with van der Waals surface area (Å²) in [7, 11) is 0. The molecule has 1 N–H and O–H groups in total. The summed E-state index contributed by atoms with van der Waals surface area (Å²) in [5, 5.41) is 3.00. The van der Waals surface area contributed by atoms with Crippen LogP contribution in [0.25, 0.3) is 0 Å². The Morgan fingerprint density at radius 3 is 3.05 bits per heavy atom. The van der Waals surface area contributed by atoms with E-state index in [2.05, 4.69) is 29.6 Å². The molecule has 112 valence electrons. The van der Waals surface area contributed by atoms with E-state index in [-0.39, 0.29) is 18.4 Å². The number of aryl methyl sites for hydroxylation is 1. The van der Waals surface area contributed by atoms with E-state index >= 15 is 0 Å². The number of fused-ring (bicyclic) bond motifs is 1. The van der Waals surface area contributed by atoms with E-state index in [4.69, 9.17) is 0 Å². The van der Waals surface area contributed by atoms with Gasteiger partial charge in [0, 0.05) is 12.5 Å². The number of carbonyl (C=O) groups is 2. The fourth-order valence-corrected chi connectivity index (χ4v) is 3.98. The number of thioether (sulfide) groups is 1. The Morgan fingerprint density at radius 1 is 1.38 bits per heavy atom. The van der Waals surface area contributed by atoms with Gasteiger partial charge in [-0.25, -0.2) is 0 Å². The van der Waals surface area contributed by atoms with Crippen molar-refractivity contribution in [2.45, 2.75) is 25.2 Å². The number of hydrogen-bond donors (Lipinski definition) is 1. The molecule has 1 heterocycles. The summed E-state index contributed by atoms with van der Waals surface area (Å²) in [4.78, 5) is 25.1. The van der Waals surface area contributed by atoms with Crippen LogP contribution in [0.2, 0.25) is 0 Å². The predicted molar refractivity (Wildman–Crippen MR) is 84.2 cm³/mol. The molecule has 21 heavy (non-hydrogen) atoms. The molecule has 2 amide bonds. The maximum Gasteiger partial charge on any atom is 0.239 e. The Balaban J connectivity index is 1.53. The van der Waals surface area contributed by atoms with Crippen molar-refractivity contribution in [2.75, 3.05) is 24.7 Å². The van der Waals surface area contributed by atoms with Gasteiger partial charge in [0.25, 0.3) is 0 Å². The van der Waals surface area contributed by atoms with Crippen molar-refractivity contribution in [1.82, 2.24) is 10.2 Å². The number of nitrogens with zero attached hydrogens (tertiary/aromatic N) is 1. The zero-order valence-corrected chi connectivity index (χ0v) is 12.8. The Morgan fingerprint density at radius 2 is 2.24 bits per heavy atom. The van der Waals surface area contributed by atoms with Crippen molar-refractivity contribution in [3.8, 4) is 0 Å². The van der Waals surface area contributed by atoms with Crippen LogP contribution in [0.5, 0.6) is 0 Å². The van der Waals surface area contributed by atoms with Crippen LogP contribution in [0.3, 0.4) is 0 Å². The van der Waals surface area contributed by atoms with Gasteiger partial charge in [0.15, 0.2) is 0 Å². The van der Waals surface area contributed by atoms with Gasteiger partial charge in [-0.15, -0.1) is 11.8 Å². The number of carbonyl (C=O) groups excluding carboxylic acids is 2. The highest BCUT2D eigenvalue weighted by molar-refractivity contribution is 8.00. The molecule has 5 heteroatoms. The highest BCUT2D eigenvalue weighted by Crippen LogP contribution is 2.30. The average molecular weight is 304 g/mol. The number of rotatable bonds is 4. The van der Waals surface area contributed by atoms with Crippen molar-refractivity contribution in [2.24, 2.45) is 0 Å². The highest BCUT2D eigenvalue weighted by atomic mass is 32.2. The number of hydrogen-bond acceptors (Lipinski definition) is 3. The lowest BCUT2D eigenvalue weighted by Gasteiger charge is -2.26. The maximum absolute atomic E-state index is 12.0. The summed E-state index contributed by atoms with van der Waals surface area (Å²) in [6.07, 6.45) is 3.44. The van der Waals surface area contributed by atoms with Crippen LogP contribution < -0.4 is 5.32 Å². The van der Waals surface area contributed by atoms with Crippen LogP contribution in [0, 0.1) is 0 Å².